The lowest BCUT2D eigenvalue weighted by molar-refractivity contribution is -0.686. The highest BCUT2D eigenvalue weighted by Gasteiger charge is 2.28. The van der Waals surface area contributed by atoms with Crippen LogP contribution in [0.3, 0.4) is 0 Å². The van der Waals surface area contributed by atoms with Crippen LogP contribution in [0.15, 0.2) is 60.8 Å². The first-order valence-corrected chi connectivity index (χ1v) is 11.0. The average molecular weight is 461 g/mol. The fraction of sp³-hybridized carbons (Fsp3) is 0.222. The molecule has 2 aliphatic rings. The van der Waals surface area contributed by atoms with E-state index in [0.717, 1.165) is 47.8 Å². The summed E-state index contributed by atoms with van der Waals surface area (Å²) in [4.78, 5) is 0. The lowest BCUT2D eigenvalue weighted by Crippen LogP contribution is -3.00. The minimum absolute atomic E-state index is 0. The van der Waals surface area contributed by atoms with Crippen LogP contribution in [0.2, 0.25) is 0 Å². The predicted molar refractivity (Wildman–Crippen MR) is 124 cm³/mol. The van der Waals surface area contributed by atoms with E-state index in [1.54, 1.807) is 7.11 Å². The minimum atomic E-state index is 0. The molecule has 3 aromatic carbocycles. The molecule has 6 heteroatoms. The molecule has 6 rings (SSSR count). The smallest absolute Gasteiger partial charge is 0.231 e. The molecule has 1 N–H and O–H groups in total. The van der Waals surface area contributed by atoms with Crippen LogP contribution < -0.4 is 36.5 Å². The summed E-state index contributed by atoms with van der Waals surface area (Å²) in [5, 5.41) is 5.97. The maximum atomic E-state index is 5.71. The standard InChI is InChI=1S/C27H24N2O3.ClH/c1-17-4-3-5-18(10-17)14-28-27-22-15-29-9-8-20-12-25-26(32-16-31-25)13-21(20)23(29)11-19(22)6-7-24(27)30-2;/h3-7,10-13,15H,8-9,14,16H2,1-2H3;1H. The lowest BCUT2D eigenvalue weighted by Gasteiger charge is -2.18. The Morgan fingerprint density at radius 2 is 1.88 bits per heavy atom. The largest absolute Gasteiger partial charge is 1.00 e. The van der Waals surface area contributed by atoms with Gasteiger partial charge in [0.2, 0.25) is 12.5 Å². The van der Waals surface area contributed by atoms with Gasteiger partial charge in [-0.25, -0.2) is 0 Å². The second kappa shape index (κ2) is 8.49. The zero-order chi connectivity index (χ0) is 21.7. The van der Waals surface area contributed by atoms with Gasteiger partial charge in [-0.2, -0.15) is 4.57 Å². The molecular formula is C27H25ClN2O3. The van der Waals surface area contributed by atoms with Crippen LogP contribution in [-0.4, -0.2) is 13.9 Å². The number of fused-ring (bicyclic) bond motifs is 5. The predicted octanol–water partition coefficient (Wildman–Crippen LogP) is 2.01. The maximum absolute atomic E-state index is 5.71. The average Bonchev–Trinajstić information content (AvgIpc) is 3.27. The summed E-state index contributed by atoms with van der Waals surface area (Å²) in [6.45, 7) is 4.08. The molecule has 33 heavy (non-hydrogen) atoms. The number of nitrogens with one attached hydrogen (secondary N) is 1. The molecule has 0 fully saturated rings. The van der Waals surface area contributed by atoms with Crippen LogP contribution in [0.25, 0.3) is 22.0 Å². The van der Waals surface area contributed by atoms with E-state index >= 15 is 0 Å². The molecule has 168 valence electrons. The Balaban J connectivity index is 0.00000228. The molecule has 5 nitrogen and oxygen atoms in total. The van der Waals surface area contributed by atoms with Gasteiger partial charge in [0, 0.05) is 19.0 Å². The van der Waals surface area contributed by atoms with Crippen LogP contribution in [0, 0.1) is 6.92 Å². The highest BCUT2D eigenvalue weighted by Crippen LogP contribution is 2.41. The second-order valence-corrected chi connectivity index (χ2v) is 8.45. The summed E-state index contributed by atoms with van der Waals surface area (Å²) >= 11 is 0. The van der Waals surface area contributed by atoms with Crippen molar-refractivity contribution >= 4 is 16.5 Å². The summed E-state index contributed by atoms with van der Waals surface area (Å²) in [5.41, 5.74) is 7.26. The third kappa shape index (κ3) is 3.72. The van der Waals surface area contributed by atoms with Gasteiger partial charge in [0.05, 0.1) is 23.7 Å². The zero-order valence-electron chi connectivity index (χ0n) is 18.7. The number of halogens is 1. The van der Waals surface area contributed by atoms with E-state index in [9.17, 15) is 0 Å². The Hall–Kier alpha value is -3.44. The molecule has 3 heterocycles. The molecular weight excluding hydrogens is 436 g/mol. The van der Waals surface area contributed by atoms with Gasteiger partial charge >= 0.3 is 0 Å². The van der Waals surface area contributed by atoms with Crippen molar-refractivity contribution in [1.82, 2.24) is 0 Å². The van der Waals surface area contributed by atoms with Gasteiger partial charge in [-0.15, -0.1) is 0 Å². The molecule has 0 spiro atoms. The van der Waals surface area contributed by atoms with Crippen molar-refractivity contribution in [2.45, 2.75) is 26.4 Å². The minimum Gasteiger partial charge on any atom is -1.00 e. The van der Waals surface area contributed by atoms with Crippen molar-refractivity contribution < 1.29 is 31.2 Å². The lowest BCUT2D eigenvalue weighted by atomic mass is 9.95. The van der Waals surface area contributed by atoms with Crippen LogP contribution in [-0.2, 0) is 19.5 Å². The van der Waals surface area contributed by atoms with Gasteiger partial charge in [0.25, 0.3) is 0 Å². The number of nitrogens with zero attached hydrogens (tertiary/aromatic N) is 1. The highest BCUT2D eigenvalue weighted by molar-refractivity contribution is 5.97. The summed E-state index contributed by atoms with van der Waals surface area (Å²) in [6, 6.07) is 19.3. The van der Waals surface area contributed by atoms with E-state index in [4.69, 9.17) is 14.2 Å². The van der Waals surface area contributed by atoms with Gasteiger partial charge in [-0.1, -0.05) is 35.9 Å². The van der Waals surface area contributed by atoms with E-state index < -0.39 is 0 Å². The Kier molecular flexibility index (Phi) is 5.51. The van der Waals surface area contributed by atoms with E-state index in [-0.39, 0.29) is 12.4 Å². The van der Waals surface area contributed by atoms with Crippen molar-refractivity contribution in [1.29, 1.82) is 0 Å². The molecule has 0 unspecified atom stereocenters. The number of hydrogen-bond acceptors (Lipinski definition) is 4. The fourth-order valence-corrected chi connectivity index (χ4v) is 4.79. The van der Waals surface area contributed by atoms with Gasteiger partial charge in [-0.05, 0) is 41.6 Å². The van der Waals surface area contributed by atoms with Gasteiger partial charge in [0.15, 0.2) is 24.2 Å². The number of aromatic nitrogens is 1. The first-order valence-electron chi connectivity index (χ1n) is 11.0. The quantitative estimate of drug-likeness (QED) is 0.473. The topological polar surface area (TPSA) is 43.6 Å². The van der Waals surface area contributed by atoms with E-state index in [1.807, 2.05) is 6.07 Å². The first kappa shape index (κ1) is 21.4. The molecule has 1 aromatic heterocycles. The summed E-state index contributed by atoms with van der Waals surface area (Å²) in [7, 11) is 1.73. The number of ether oxygens (including phenoxy) is 3. The van der Waals surface area contributed by atoms with E-state index in [2.05, 4.69) is 71.5 Å². The molecule has 0 aliphatic carbocycles. The molecule has 0 amide bonds. The fourth-order valence-electron chi connectivity index (χ4n) is 4.79. The maximum Gasteiger partial charge on any atom is 0.231 e. The SMILES string of the molecule is COc1ccc2cc3[n+](cc2c1NCc1cccc(C)c1)CCc1cc2c(cc1-3)OCO2.[Cl-]. The Morgan fingerprint density at radius 3 is 2.70 bits per heavy atom. The van der Waals surface area contributed by atoms with Gasteiger partial charge in [0.1, 0.15) is 5.75 Å². The molecule has 0 radical (unpaired) electrons. The number of pyridine rings is 1. The number of aryl methyl sites for hydroxylation is 3. The van der Waals surface area contributed by atoms with E-state index in [0.29, 0.717) is 6.79 Å². The zero-order valence-corrected chi connectivity index (χ0v) is 19.4. The van der Waals surface area contributed by atoms with Crippen molar-refractivity contribution in [3.63, 3.8) is 0 Å². The number of anilines is 1. The van der Waals surface area contributed by atoms with Crippen LogP contribution in [0.4, 0.5) is 5.69 Å². The first-order chi connectivity index (χ1) is 15.7. The summed E-state index contributed by atoms with van der Waals surface area (Å²) < 4.78 is 19.3. The van der Waals surface area contributed by atoms with Crippen LogP contribution in [0.5, 0.6) is 17.2 Å². The number of methoxy groups -OCH3 is 1. The number of rotatable bonds is 4. The normalized spacial score (nSPS) is 13.2. The summed E-state index contributed by atoms with van der Waals surface area (Å²) in [6.07, 6.45) is 3.21. The van der Waals surface area contributed by atoms with E-state index in [1.165, 1.54) is 33.3 Å². The molecule has 0 atom stereocenters. The molecule has 0 bridgehead atoms. The van der Waals surface area contributed by atoms with Gasteiger partial charge < -0.3 is 31.9 Å². The molecule has 4 aromatic rings. The number of hydrogen-bond donors (Lipinski definition) is 1. The Morgan fingerprint density at radius 1 is 1.03 bits per heavy atom. The number of benzene rings is 3. The highest BCUT2D eigenvalue weighted by atomic mass is 35.5. The van der Waals surface area contributed by atoms with Crippen molar-refractivity contribution in [2.24, 2.45) is 0 Å². The molecule has 2 aliphatic heterocycles. The van der Waals surface area contributed by atoms with Gasteiger partial charge in [-0.3, -0.25) is 0 Å². The third-order valence-corrected chi connectivity index (χ3v) is 6.40. The van der Waals surface area contributed by atoms with Crippen molar-refractivity contribution in [3.05, 3.63) is 77.5 Å². The summed E-state index contributed by atoms with van der Waals surface area (Å²) in [5.74, 6) is 2.53. The van der Waals surface area contributed by atoms with Crippen LogP contribution >= 0.6 is 0 Å². The Bertz CT molecular complexity index is 1370. The third-order valence-electron chi connectivity index (χ3n) is 6.40. The molecule has 0 saturated carbocycles. The monoisotopic (exact) mass is 460 g/mol. The second-order valence-electron chi connectivity index (χ2n) is 8.45. The molecule has 0 saturated heterocycles. The van der Waals surface area contributed by atoms with Crippen molar-refractivity contribution in [2.75, 3.05) is 19.2 Å². The van der Waals surface area contributed by atoms with Crippen molar-refractivity contribution in [3.8, 4) is 28.5 Å². The van der Waals surface area contributed by atoms with Crippen LogP contribution in [0.1, 0.15) is 16.7 Å². The Labute approximate surface area is 199 Å².